The van der Waals surface area contributed by atoms with E-state index in [1.54, 1.807) is 0 Å². The lowest BCUT2D eigenvalue weighted by Crippen LogP contribution is -2.38. The summed E-state index contributed by atoms with van der Waals surface area (Å²) in [6.45, 7) is -0.426. The second-order valence-electron chi connectivity index (χ2n) is 7.05. The van der Waals surface area contributed by atoms with E-state index in [2.05, 4.69) is 15.3 Å². The highest BCUT2D eigenvalue weighted by Crippen LogP contribution is 2.46. The Morgan fingerprint density at radius 2 is 1.94 bits per heavy atom. The number of hydrogen-bond acceptors (Lipinski definition) is 12. The van der Waals surface area contributed by atoms with E-state index in [4.69, 9.17) is 29.0 Å². The van der Waals surface area contributed by atoms with E-state index in [-0.39, 0.29) is 38.0 Å². The van der Waals surface area contributed by atoms with Crippen molar-refractivity contribution in [3.63, 3.8) is 0 Å². The van der Waals surface area contributed by atoms with Gasteiger partial charge in [0, 0.05) is 19.4 Å². The zero-order valence-electron chi connectivity index (χ0n) is 18.0. The number of rotatable bonds is 11. The lowest BCUT2D eigenvalue weighted by Gasteiger charge is -2.19. The molecule has 1 fully saturated rings. The Labute approximate surface area is 192 Å². The van der Waals surface area contributed by atoms with Gasteiger partial charge >= 0.3 is 13.3 Å². The van der Waals surface area contributed by atoms with Gasteiger partial charge in [0.2, 0.25) is 0 Å². The van der Waals surface area contributed by atoms with E-state index in [1.165, 1.54) is 24.2 Å². The predicted octanol–water partition coefficient (Wildman–Crippen LogP) is -1.22. The zero-order valence-corrected chi connectivity index (χ0v) is 18.9. The van der Waals surface area contributed by atoms with E-state index in [0.717, 1.165) is 10.6 Å². The van der Waals surface area contributed by atoms with E-state index >= 15 is 0 Å². The van der Waals surface area contributed by atoms with Crippen LogP contribution in [0.3, 0.4) is 0 Å². The topological polar surface area (TPSA) is 207 Å². The molecule has 1 aliphatic heterocycles. The third-order valence-corrected chi connectivity index (χ3v) is 6.65. The standard InChI is InChI=1S/C18H22N7O8P/c1-30-16-15(27)12(33-17(16)25-7-4-13(26)21-18(25)28)10-24-11-14(22-23-24)34(29,31-8-2-5-19)32-9-3-6-20/h4,7,11-12,15-17,27H,2-3,8-10H2,1H3,(H,21,26,28). The third kappa shape index (κ3) is 5.66. The second kappa shape index (κ2) is 11.3. The minimum Gasteiger partial charge on any atom is -0.387 e. The van der Waals surface area contributed by atoms with Gasteiger partial charge in [0.05, 0.1) is 50.9 Å². The van der Waals surface area contributed by atoms with Gasteiger partial charge < -0.3 is 23.6 Å². The maximum atomic E-state index is 13.1. The van der Waals surface area contributed by atoms with Crippen LogP contribution in [0.5, 0.6) is 0 Å². The van der Waals surface area contributed by atoms with Gasteiger partial charge in [-0.1, -0.05) is 5.21 Å². The van der Waals surface area contributed by atoms with Crippen molar-refractivity contribution in [3.8, 4) is 12.1 Å². The molecule has 0 radical (unpaired) electrons. The van der Waals surface area contributed by atoms with Crippen LogP contribution < -0.4 is 16.7 Å². The molecular formula is C18H22N7O8P. The Balaban J connectivity index is 1.78. The van der Waals surface area contributed by atoms with Crippen LogP contribution in [0.2, 0.25) is 0 Å². The molecule has 15 nitrogen and oxygen atoms in total. The lowest BCUT2D eigenvalue weighted by atomic mass is 10.1. The molecular weight excluding hydrogens is 473 g/mol. The van der Waals surface area contributed by atoms with Crippen LogP contribution in [0.15, 0.2) is 28.0 Å². The fourth-order valence-electron chi connectivity index (χ4n) is 3.26. The average molecular weight is 495 g/mol. The smallest absolute Gasteiger partial charge is 0.383 e. The van der Waals surface area contributed by atoms with Crippen LogP contribution in [-0.4, -0.2) is 68.3 Å². The molecule has 3 rings (SSSR count). The second-order valence-corrected chi connectivity index (χ2v) is 9.02. The Hall–Kier alpha value is -3.17. The van der Waals surface area contributed by atoms with Crippen LogP contribution >= 0.6 is 7.60 Å². The third-order valence-electron chi connectivity index (χ3n) is 4.83. The van der Waals surface area contributed by atoms with Gasteiger partial charge in [-0.3, -0.25) is 18.9 Å². The molecule has 1 aliphatic rings. The summed E-state index contributed by atoms with van der Waals surface area (Å²) >= 11 is 0. The van der Waals surface area contributed by atoms with E-state index < -0.39 is 43.4 Å². The highest BCUT2D eigenvalue weighted by atomic mass is 31.2. The van der Waals surface area contributed by atoms with E-state index in [0.29, 0.717) is 0 Å². The molecule has 182 valence electrons. The molecule has 0 saturated carbocycles. The Kier molecular flexibility index (Phi) is 8.46. The van der Waals surface area contributed by atoms with Crippen molar-refractivity contribution in [3.05, 3.63) is 39.3 Å². The molecule has 0 aromatic carbocycles. The first-order chi connectivity index (χ1) is 16.3. The number of aliphatic hydroxyl groups excluding tert-OH is 1. The molecule has 16 heteroatoms. The molecule has 0 bridgehead atoms. The molecule has 0 spiro atoms. The van der Waals surface area contributed by atoms with Crippen LogP contribution in [0.4, 0.5) is 0 Å². The van der Waals surface area contributed by atoms with Gasteiger partial charge in [0.15, 0.2) is 11.7 Å². The molecule has 4 unspecified atom stereocenters. The monoisotopic (exact) mass is 495 g/mol. The summed E-state index contributed by atoms with van der Waals surface area (Å²) in [6.07, 6.45) is -1.64. The fourth-order valence-corrected chi connectivity index (χ4v) is 4.68. The van der Waals surface area contributed by atoms with Gasteiger partial charge in [-0.25, -0.2) is 9.48 Å². The number of ether oxygens (including phenoxy) is 2. The van der Waals surface area contributed by atoms with Crippen molar-refractivity contribution in [1.29, 1.82) is 10.5 Å². The van der Waals surface area contributed by atoms with Gasteiger partial charge in [-0.05, 0) is 0 Å². The number of nitrogens with zero attached hydrogens (tertiary/aromatic N) is 6. The lowest BCUT2D eigenvalue weighted by molar-refractivity contribution is -0.0566. The summed E-state index contributed by atoms with van der Waals surface area (Å²) in [5.41, 5.74) is -1.47. The normalized spacial score (nSPS) is 22.4. The molecule has 2 N–H and O–H groups in total. The molecule has 2 aromatic rings. The maximum Gasteiger partial charge on any atom is 0.383 e. The van der Waals surface area contributed by atoms with Crippen molar-refractivity contribution in [2.24, 2.45) is 0 Å². The SMILES string of the molecule is COC1C(O)C(Cn2cc(P(=O)(OCCC#N)OCCC#N)nn2)OC1n1ccc(=O)[nH]c1=O. The van der Waals surface area contributed by atoms with Crippen molar-refractivity contribution < 1.29 is 28.2 Å². The molecule has 2 aromatic heterocycles. The maximum absolute atomic E-state index is 13.1. The summed E-state index contributed by atoms with van der Waals surface area (Å²) in [6, 6.07) is 4.85. The number of hydrogen-bond donors (Lipinski definition) is 2. The molecule has 0 aliphatic carbocycles. The van der Waals surface area contributed by atoms with Crippen molar-refractivity contribution in [1.82, 2.24) is 24.5 Å². The average Bonchev–Trinajstić information content (AvgIpc) is 3.39. The summed E-state index contributed by atoms with van der Waals surface area (Å²) in [5.74, 6) is 0. The summed E-state index contributed by atoms with van der Waals surface area (Å²) < 4.78 is 37.1. The first-order valence-corrected chi connectivity index (χ1v) is 11.6. The Bertz CT molecular complexity index is 1200. The zero-order chi connectivity index (χ0) is 24.7. The summed E-state index contributed by atoms with van der Waals surface area (Å²) in [7, 11) is -2.63. The van der Waals surface area contributed by atoms with Gasteiger partial charge in [-0.15, -0.1) is 5.10 Å². The summed E-state index contributed by atoms with van der Waals surface area (Å²) in [4.78, 5) is 25.6. The number of aromatic nitrogens is 5. The number of methoxy groups -OCH3 is 1. The first kappa shape index (κ1) is 25.5. The number of aromatic amines is 1. The van der Waals surface area contributed by atoms with Gasteiger partial charge in [0.25, 0.3) is 5.56 Å². The molecule has 1 saturated heterocycles. The number of H-pyrrole nitrogens is 1. The van der Waals surface area contributed by atoms with Crippen LogP contribution in [-0.2, 0) is 29.6 Å². The molecule has 0 amide bonds. The first-order valence-electron chi connectivity index (χ1n) is 10.0. The predicted molar refractivity (Wildman–Crippen MR) is 112 cm³/mol. The minimum atomic E-state index is -3.96. The Morgan fingerprint density at radius 1 is 1.26 bits per heavy atom. The molecule has 34 heavy (non-hydrogen) atoms. The fraction of sp³-hybridized carbons (Fsp3) is 0.556. The van der Waals surface area contributed by atoms with Crippen molar-refractivity contribution in [2.45, 2.75) is 43.9 Å². The molecule has 4 atom stereocenters. The quantitative estimate of drug-likeness (QED) is 0.278. The highest BCUT2D eigenvalue weighted by molar-refractivity contribution is 7.61. The van der Waals surface area contributed by atoms with Gasteiger partial charge in [-0.2, -0.15) is 10.5 Å². The molecule has 3 heterocycles. The van der Waals surface area contributed by atoms with Crippen LogP contribution in [0, 0.1) is 22.7 Å². The van der Waals surface area contributed by atoms with E-state index in [9.17, 15) is 19.3 Å². The van der Waals surface area contributed by atoms with Crippen LogP contribution in [0.25, 0.3) is 0 Å². The van der Waals surface area contributed by atoms with Gasteiger partial charge in [0.1, 0.15) is 18.3 Å². The number of aliphatic hydroxyl groups is 1. The minimum absolute atomic E-state index is 0.0360. The highest BCUT2D eigenvalue weighted by Gasteiger charge is 2.46. The Morgan fingerprint density at radius 3 is 2.53 bits per heavy atom. The largest absolute Gasteiger partial charge is 0.387 e. The number of nitriles is 2. The van der Waals surface area contributed by atoms with Crippen molar-refractivity contribution >= 4 is 13.0 Å². The summed E-state index contributed by atoms with van der Waals surface area (Å²) in [5, 5.41) is 35.8. The van der Waals surface area contributed by atoms with E-state index in [1.807, 2.05) is 12.1 Å². The van der Waals surface area contributed by atoms with Crippen molar-refractivity contribution in [2.75, 3.05) is 20.3 Å². The number of nitrogens with one attached hydrogen (secondary N) is 1. The van der Waals surface area contributed by atoms with Crippen LogP contribution in [0.1, 0.15) is 19.1 Å².